The molecule has 0 saturated heterocycles. The van der Waals surface area contributed by atoms with Crippen molar-refractivity contribution >= 4 is 23.3 Å². The lowest BCUT2D eigenvalue weighted by Gasteiger charge is -2.46. The van der Waals surface area contributed by atoms with Crippen molar-refractivity contribution < 1.29 is 29.1 Å². The van der Waals surface area contributed by atoms with E-state index in [1.807, 2.05) is 36.5 Å². The molecule has 9 nitrogen and oxygen atoms in total. The number of nitro benzene ring substituents is 1. The second kappa shape index (κ2) is 11.6. The van der Waals surface area contributed by atoms with Crippen LogP contribution in [0.15, 0.2) is 66.4 Å². The van der Waals surface area contributed by atoms with Crippen molar-refractivity contribution in [3.8, 4) is 0 Å². The number of rotatable bonds is 10. The van der Waals surface area contributed by atoms with Crippen LogP contribution in [0.3, 0.4) is 0 Å². The molecule has 1 aliphatic rings. The molecule has 2 aromatic rings. The van der Waals surface area contributed by atoms with Crippen LogP contribution >= 0.6 is 0 Å². The van der Waals surface area contributed by atoms with Gasteiger partial charge in [-0.3, -0.25) is 19.7 Å². The van der Waals surface area contributed by atoms with Gasteiger partial charge in [-0.2, -0.15) is 0 Å². The van der Waals surface area contributed by atoms with E-state index in [0.717, 1.165) is 5.57 Å². The molecule has 0 radical (unpaired) electrons. The number of anilines is 1. The summed E-state index contributed by atoms with van der Waals surface area (Å²) in [4.78, 5) is 40.2. The number of hydrogen-bond acceptors (Lipinski definition) is 8. The highest BCUT2D eigenvalue weighted by atomic mass is 16.6. The number of carbonyl (C=O) groups excluding carboxylic acids is 2. The Balaban J connectivity index is 2.34. The number of ether oxygens (including phenoxy) is 2. The van der Waals surface area contributed by atoms with Crippen LogP contribution in [0.4, 0.5) is 11.4 Å². The third-order valence-corrected chi connectivity index (χ3v) is 5.96. The van der Waals surface area contributed by atoms with Gasteiger partial charge in [0.25, 0.3) is 5.69 Å². The van der Waals surface area contributed by atoms with E-state index < -0.39 is 28.3 Å². The third-order valence-electron chi connectivity index (χ3n) is 5.96. The molecule has 0 fully saturated rings. The topological polar surface area (TPSA) is 119 Å². The zero-order valence-electron chi connectivity index (χ0n) is 19.9. The van der Waals surface area contributed by atoms with Crippen LogP contribution in [0.25, 0.3) is 0 Å². The highest BCUT2D eigenvalue weighted by molar-refractivity contribution is 6.02. The van der Waals surface area contributed by atoms with E-state index >= 15 is 0 Å². The molecule has 0 saturated carbocycles. The number of hydrogen-bond donors (Lipinski definition) is 1. The summed E-state index contributed by atoms with van der Waals surface area (Å²) >= 11 is 0. The number of allylic oxidation sites excluding steroid dienone is 1. The van der Waals surface area contributed by atoms with Crippen LogP contribution in [-0.4, -0.2) is 41.8 Å². The number of benzene rings is 2. The number of para-hydroxylation sites is 1. The molecule has 0 spiro atoms. The lowest BCUT2D eigenvalue weighted by Crippen LogP contribution is -2.54. The number of non-ortho nitro benzene ring substituents is 1. The summed E-state index contributed by atoms with van der Waals surface area (Å²) in [5, 5.41) is 21.0. The Hall–Kier alpha value is -3.72. The summed E-state index contributed by atoms with van der Waals surface area (Å²) in [6.07, 6.45) is 2.74. The lowest BCUT2D eigenvalue weighted by molar-refractivity contribution is -0.384. The van der Waals surface area contributed by atoms with Crippen LogP contribution in [0.5, 0.6) is 0 Å². The van der Waals surface area contributed by atoms with Gasteiger partial charge in [-0.25, -0.2) is 0 Å². The van der Waals surface area contributed by atoms with Crippen LogP contribution in [0.2, 0.25) is 0 Å². The van der Waals surface area contributed by atoms with E-state index in [9.17, 15) is 24.8 Å². The smallest absolute Gasteiger partial charge is 0.326 e. The maximum absolute atomic E-state index is 13.7. The Labute approximate surface area is 204 Å². The second-order valence-electron chi connectivity index (χ2n) is 8.20. The van der Waals surface area contributed by atoms with E-state index in [2.05, 4.69) is 0 Å². The predicted octanol–water partition coefficient (Wildman–Crippen LogP) is 4.32. The van der Waals surface area contributed by atoms with E-state index in [1.54, 1.807) is 24.8 Å². The molecule has 2 aromatic carbocycles. The summed E-state index contributed by atoms with van der Waals surface area (Å²) in [5.41, 5.74) is -0.140. The SMILES string of the molecule is CCOC(=O)C1(C(=O)OCC)CC(CCCO)=CN(c2ccccc2)C1c1cccc([N+](=O)[O-])c1. The van der Waals surface area contributed by atoms with Crippen molar-refractivity contribution in [3.05, 3.63) is 82.0 Å². The van der Waals surface area contributed by atoms with Gasteiger partial charge in [-0.1, -0.05) is 35.9 Å². The van der Waals surface area contributed by atoms with Gasteiger partial charge >= 0.3 is 11.9 Å². The van der Waals surface area contributed by atoms with Crippen molar-refractivity contribution in [1.29, 1.82) is 0 Å². The van der Waals surface area contributed by atoms with Crippen molar-refractivity contribution in [2.24, 2.45) is 5.41 Å². The van der Waals surface area contributed by atoms with Gasteiger partial charge < -0.3 is 19.5 Å². The zero-order chi connectivity index (χ0) is 25.4. The summed E-state index contributed by atoms with van der Waals surface area (Å²) in [6, 6.07) is 14.1. The summed E-state index contributed by atoms with van der Waals surface area (Å²) in [7, 11) is 0. The molecule has 3 rings (SSSR count). The third kappa shape index (κ3) is 5.35. The normalized spacial score (nSPS) is 16.8. The quantitative estimate of drug-likeness (QED) is 0.230. The Bertz CT molecular complexity index is 1070. The molecule has 1 heterocycles. The largest absolute Gasteiger partial charge is 0.465 e. The minimum atomic E-state index is -1.82. The summed E-state index contributed by atoms with van der Waals surface area (Å²) in [5.74, 6) is -1.52. The van der Waals surface area contributed by atoms with E-state index in [0.29, 0.717) is 24.1 Å². The molecular formula is C26H30N2O7. The first kappa shape index (κ1) is 25.9. The van der Waals surface area contributed by atoms with Crippen molar-refractivity contribution in [2.75, 3.05) is 24.7 Å². The second-order valence-corrected chi connectivity index (χ2v) is 8.20. The van der Waals surface area contributed by atoms with Gasteiger partial charge in [0, 0.05) is 30.6 Å². The van der Waals surface area contributed by atoms with Gasteiger partial charge in [0.05, 0.1) is 24.2 Å². The molecule has 0 aromatic heterocycles. The van der Waals surface area contributed by atoms with Gasteiger partial charge in [0.2, 0.25) is 0 Å². The Morgan fingerprint density at radius 3 is 2.31 bits per heavy atom. The summed E-state index contributed by atoms with van der Waals surface area (Å²) in [6.45, 7) is 3.34. The maximum atomic E-state index is 13.7. The average molecular weight is 483 g/mol. The predicted molar refractivity (Wildman–Crippen MR) is 129 cm³/mol. The first-order valence-corrected chi connectivity index (χ1v) is 11.6. The van der Waals surface area contributed by atoms with E-state index in [1.165, 1.54) is 18.2 Å². The average Bonchev–Trinajstić information content (AvgIpc) is 2.87. The standard InChI is InChI=1S/C26H30N2O7/c1-3-34-24(30)26(25(31)35-4-2)17-19(10-9-15-29)18-27(21-12-6-5-7-13-21)23(26)20-11-8-14-22(16-20)28(32)33/h5-8,11-14,16,18,23,29H,3-4,9-10,15,17H2,1-2H3. The van der Waals surface area contributed by atoms with Crippen LogP contribution < -0.4 is 4.90 Å². The first-order valence-electron chi connectivity index (χ1n) is 11.6. The maximum Gasteiger partial charge on any atom is 0.326 e. The number of aliphatic hydroxyl groups excluding tert-OH is 1. The first-order chi connectivity index (χ1) is 16.9. The van der Waals surface area contributed by atoms with Crippen LogP contribution in [0, 0.1) is 15.5 Å². The minimum Gasteiger partial charge on any atom is -0.465 e. The lowest BCUT2D eigenvalue weighted by atomic mass is 9.69. The molecule has 1 atom stereocenters. The molecule has 1 aliphatic heterocycles. The number of aliphatic hydroxyl groups is 1. The van der Waals surface area contributed by atoms with Crippen molar-refractivity contribution in [1.82, 2.24) is 0 Å². The molecule has 0 aliphatic carbocycles. The van der Waals surface area contributed by atoms with Gasteiger partial charge in [0.1, 0.15) is 0 Å². The fourth-order valence-electron chi connectivity index (χ4n) is 4.52. The molecule has 186 valence electrons. The Morgan fingerprint density at radius 1 is 1.09 bits per heavy atom. The number of nitrogens with zero attached hydrogens (tertiary/aromatic N) is 2. The fraction of sp³-hybridized carbons (Fsp3) is 0.385. The minimum absolute atomic E-state index is 0.00135. The van der Waals surface area contributed by atoms with E-state index in [4.69, 9.17) is 9.47 Å². The molecule has 9 heteroatoms. The van der Waals surface area contributed by atoms with Gasteiger partial charge in [-0.15, -0.1) is 0 Å². The number of esters is 2. The van der Waals surface area contributed by atoms with E-state index in [-0.39, 0.29) is 31.9 Å². The summed E-state index contributed by atoms with van der Waals surface area (Å²) < 4.78 is 10.9. The Morgan fingerprint density at radius 2 is 1.74 bits per heavy atom. The zero-order valence-corrected chi connectivity index (χ0v) is 19.9. The number of nitro groups is 1. The van der Waals surface area contributed by atoms with Crippen LogP contribution in [0.1, 0.15) is 44.7 Å². The molecular weight excluding hydrogens is 452 g/mol. The Kier molecular flexibility index (Phi) is 8.59. The van der Waals surface area contributed by atoms with Gasteiger partial charge in [0.15, 0.2) is 5.41 Å². The monoisotopic (exact) mass is 482 g/mol. The highest BCUT2D eigenvalue weighted by Gasteiger charge is 2.59. The van der Waals surface area contributed by atoms with Gasteiger partial charge in [-0.05, 0) is 50.8 Å². The molecule has 1 unspecified atom stereocenters. The van der Waals surface area contributed by atoms with Crippen LogP contribution in [-0.2, 0) is 19.1 Å². The molecule has 0 bridgehead atoms. The highest BCUT2D eigenvalue weighted by Crippen LogP contribution is 2.51. The number of carbonyl (C=O) groups is 2. The molecule has 1 N–H and O–H groups in total. The fourth-order valence-corrected chi connectivity index (χ4v) is 4.52. The molecule has 0 amide bonds. The molecule has 35 heavy (non-hydrogen) atoms. The van der Waals surface area contributed by atoms with Crippen molar-refractivity contribution in [3.63, 3.8) is 0 Å². The van der Waals surface area contributed by atoms with Crippen molar-refractivity contribution in [2.45, 2.75) is 39.2 Å².